The topological polar surface area (TPSA) is 96.2 Å². The average Bonchev–Trinajstić information content (AvgIpc) is 3.08. The highest BCUT2D eigenvalue weighted by Crippen LogP contribution is 2.22. The minimum absolute atomic E-state index is 0.283. The van der Waals surface area contributed by atoms with Crippen LogP contribution in [0.2, 0.25) is 0 Å². The second kappa shape index (κ2) is 20.7. The van der Waals surface area contributed by atoms with Gasteiger partial charge in [0.05, 0.1) is 6.61 Å². The van der Waals surface area contributed by atoms with E-state index in [0.29, 0.717) is 0 Å². The molecule has 1 rings (SSSR count). The molecule has 6 nitrogen and oxygen atoms in total. The van der Waals surface area contributed by atoms with E-state index in [0.717, 1.165) is 19.3 Å². The first-order chi connectivity index (χ1) is 16.1. The predicted molar refractivity (Wildman–Crippen MR) is 132 cm³/mol. The number of esters is 1. The lowest BCUT2D eigenvalue weighted by molar-refractivity contribution is -0.190. The Morgan fingerprint density at radius 1 is 0.667 bits per heavy atom. The highest BCUT2D eigenvalue weighted by Gasteiger charge is 2.44. The van der Waals surface area contributed by atoms with Crippen molar-refractivity contribution < 1.29 is 29.6 Å². The lowest BCUT2D eigenvalue weighted by Gasteiger charge is -2.15. The van der Waals surface area contributed by atoms with E-state index in [1.165, 1.54) is 103 Å². The summed E-state index contributed by atoms with van der Waals surface area (Å²) in [6.07, 6.45) is 20.5. The van der Waals surface area contributed by atoms with Gasteiger partial charge in [0.15, 0.2) is 0 Å². The Balaban J connectivity index is 1.79. The van der Waals surface area contributed by atoms with Crippen LogP contribution in [0.5, 0.6) is 0 Å². The van der Waals surface area contributed by atoms with Crippen LogP contribution in [0.25, 0.3) is 0 Å². The van der Waals surface area contributed by atoms with Crippen molar-refractivity contribution in [1.29, 1.82) is 0 Å². The van der Waals surface area contributed by atoms with Crippen LogP contribution < -0.4 is 0 Å². The molecule has 1 heterocycles. The van der Waals surface area contributed by atoms with Crippen molar-refractivity contribution in [2.75, 3.05) is 6.61 Å². The summed E-state index contributed by atoms with van der Waals surface area (Å²) in [5, 5.41) is 28.5. The number of unbranched alkanes of at least 4 members (excludes halogenated alkanes) is 18. The highest BCUT2D eigenvalue weighted by molar-refractivity contribution is 5.69. The summed E-state index contributed by atoms with van der Waals surface area (Å²) in [4.78, 5) is 11.9. The molecular weight excluding hydrogens is 420 g/mol. The van der Waals surface area contributed by atoms with Crippen molar-refractivity contribution >= 4 is 5.97 Å². The van der Waals surface area contributed by atoms with Crippen LogP contribution in [0, 0.1) is 0 Å². The van der Waals surface area contributed by atoms with Gasteiger partial charge in [-0.1, -0.05) is 122 Å². The number of carbonyl (C=O) groups excluding carboxylic acids is 1. The minimum Gasteiger partial charge on any atom is -0.433 e. The molecule has 0 spiro atoms. The Kier molecular flexibility index (Phi) is 19.0. The van der Waals surface area contributed by atoms with Crippen molar-refractivity contribution in [3.63, 3.8) is 0 Å². The van der Waals surface area contributed by atoms with Crippen molar-refractivity contribution in [2.24, 2.45) is 0 Å². The van der Waals surface area contributed by atoms with Crippen LogP contribution in [0.15, 0.2) is 0 Å². The normalized spacial score (nSPS) is 22.7. The number of rotatable bonds is 22. The van der Waals surface area contributed by atoms with E-state index in [1.54, 1.807) is 0 Å². The molecule has 1 aliphatic rings. The maximum absolute atomic E-state index is 11.9. The van der Waals surface area contributed by atoms with E-state index in [4.69, 9.17) is 14.6 Å². The Labute approximate surface area is 202 Å². The van der Waals surface area contributed by atoms with Crippen LogP contribution in [0.4, 0.5) is 0 Å². The summed E-state index contributed by atoms with van der Waals surface area (Å²) in [5.41, 5.74) is 0. The fraction of sp³-hybridized carbons (Fsp3) is 0.963. The SMILES string of the molecule is CCCCCCCCCCCCCCCCCCCCCC(=O)OC1O[C@H](CO)[C@@H](O)[C@H]1O. The maximum Gasteiger partial charge on any atom is 0.308 e. The molecule has 1 unspecified atom stereocenters. The van der Waals surface area contributed by atoms with Crippen LogP contribution >= 0.6 is 0 Å². The lowest BCUT2D eigenvalue weighted by atomic mass is 10.0. The molecule has 0 bridgehead atoms. The van der Waals surface area contributed by atoms with E-state index >= 15 is 0 Å². The van der Waals surface area contributed by atoms with Crippen LogP contribution in [0.1, 0.15) is 135 Å². The van der Waals surface area contributed by atoms with E-state index in [2.05, 4.69) is 6.92 Å². The molecule has 1 aliphatic heterocycles. The molecule has 0 aromatic heterocycles. The second-order valence-corrected chi connectivity index (χ2v) is 9.81. The van der Waals surface area contributed by atoms with Crippen molar-refractivity contribution in [1.82, 2.24) is 0 Å². The van der Waals surface area contributed by atoms with Gasteiger partial charge in [0, 0.05) is 6.42 Å². The molecular formula is C27H52O6. The minimum atomic E-state index is -1.31. The molecule has 0 saturated carbocycles. The quantitative estimate of drug-likeness (QED) is 0.136. The molecule has 3 N–H and O–H groups in total. The highest BCUT2D eigenvalue weighted by atomic mass is 16.7. The summed E-state index contributed by atoms with van der Waals surface area (Å²) in [5.74, 6) is -0.434. The van der Waals surface area contributed by atoms with Gasteiger partial charge in [0.25, 0.3) is 0 Å². The fourth-order valence-electron chi connectivity index (χ4n) is 4.50. The third-order valence-electron chi connectivity index (χ3n) is 6.73. The zero-order valence-electron chi connectivity index (χ0n) is 21.2. The molecule has 196 valence electrons. The first kappa shape index (κ1) is 30.3. The number of hydrogen-bond donors (Lipinski definition) is 3. The molecule has 0 aromatic carbocycles. The van der Waals surface area contributed by atoms with E-state index < -0.39 is 37.2 Å². The Hall–Kier alpha value is -0.690. The number of aliphatic hydroxyl groups is 3. The van der Waals surface area contributed by atoms with Gasteiger partial charge in [0.2, 0.25) is 6.29 Å². The van der Waals surface area contributed by atoms with Crippen molar-refractivity contribution in [3.05, 3.63) is 0 Å². The van der Waals surface area contributed by atoms with Gasteiger partial charge < -0.3 is 24.8 Å². The summed E-state index contributed by atoms with van der Waals surface area (Å²) in [7, 11) is 0. The molecule has 1 fully saturated rings. The molecule has 0 aliphatic carbocycles. The Morgan fingerprint density at radius 3 is 1.42 bits per heavy atom. The molecule has 6 heteroatoms. The summed E-state index contributed by atoms with van der Waals surface area (Å²) in [6, 6.07) is 0. The monoisotopic (exact) mass is 472 g/mol. The summed E-state index contributed by atoms with van der Waals surface area (Å²) < 4.78 is 10.2. The largest absolute Gasteiger partial charge is 0.433 e. The Bertz CT molecular complexity index is 458. The van der Waals surface area contributed by atoms with Gasteiger partial charge >= 0.3 is 5.97 Å². The summed E-state index contributed by atoms with van der Waals surface area (Å²) >= 11 is 0. The van der Waals surface area contributed by atoms with Crippen molar-refractivity contribution in [3.8, 4) is 0 Å². The third-order valence-corrected chi connectivity index (χ3v) is 6.73. The number of hydrogen-bond acceptors (Lipinski definition) is 6. The molecule has 0 radical (unpaired) electrons. The lowest BCUT2D eigenvalue weighted by Crippen LogP contribution is -2.35. The zero-order chi connectivity index (χ0) is 24.2. The van der Waals surface area contributed by atoms with Gasteiger partial charge in [-0.3, -0.25) is 4.79 Å². The fourth-order valence-corrected chi connectivity index (χ4v) is 4.50. The van der Waals surface area contributed by atoms with Crippen LogP contribution in [-0.2, 0) is 14.3 Å². The Morgan fingerprint density at radius 2 is 1.06 bits per heavy atom. The second-order valence-electron chi connectivity index (χ2n) is 9.81. The van der Waals surface area contributed by atoms with Crippen molar-refractivity contribution in [2.45, 2.75) is 160 Å². The van der Waals surface area contributed by atoms with Crippen LogP contribution in [0.3, 0.4) is 0 Å². The maximum atomic E-state index is 11.9. The van der Waals surface area contributed by atoms with E-state index in [9.17, 15) is 15.0 Å². The molecule has 33 heavy (non-hydrogen) atoms. The molecule has 1 saturated heterocycles. The number of carbonyl (C=O) groups is 1. The molecule has 0 aromatic rings. The standard InChI is InChI=1S/C27H52O6/c1-2-3-4-5-6-7-8-9-10-11-12-13-14-15-16-17-18-19-20-21-24(29)33-27-26(31)25(30)23(22-28)32-27/h23,25-28,30-31H,2-22H2,1H3/t23-,25-,26-,27?/m1/s1. The average molecular weight is 473 g/mol. The van der Waals surface area contributed by atoms with E-state index in [1.807, 2.05) is 0 Å². The van der Waals surface area contributed by atoms with Crippen LogP contribution in [-0.4, -0.2) is 52.5 Å². The van der Waals surface area contributed by atoms with E-state index in [-0.39, 0.29) is 6.42 Å². The zero-order valence-corrected chi connectivity index (χ0v) is 21.2. The summed E-state index contributed by atoms with van der Waals surface area (Å²) in [6.45, 7) is 1.85. The number of aliphatic hydroxyl groups excluding tert-OH is 3. The molecule has 4 atom stereocenters. The van der Waals surface area contributed by atoms with Gasteiger partial charge in [-0.15, -0.1) is 0 Å². The smallest absolute Gasteiger partial charge is 0.308 e. The third kappa shape index (κ3) is 15.0. The molecule has 0 amide bonds. The van der Waals surface area contributed by atoms with Gasteiger partial charge in [-0.2, -0.15) is 0 Å². The van der Waals surface area contributed by atoms with Gasteiger partial charge in [0.1, 0.15) is 18.3 Å². The first-order valence-corrected chi connectivity index (χ1v) is 13.9. The van der Waals surface area contributed by atoms with Gasteiger partial charge in [-0.25, -0.2) is 0 Å². The number of ether oxygens (including phenoxy) is 2. The van der Waals surface area contributed by atoms with Gasteiger partial charge in [-0.05, 0) is 6.42 Å². The predicted octanol–water partition coefficient (Wildman–Crippen LogP) is 5.79. The first-order valence-electron chi connectivity index (χ1n) is 13.9.